The number of carbonyl (C=O) groups excluding carboxylic acids is 2. The van der Waals surface area contributed by atoms with Crippen LogP contribution < -0.4 is 19.1 Å². The van der Waals surface area contributed by atoms with E-state index in [9.17, 15) is 14.7 Å². The lowest BCUT2D eigenvalue weighted by molar-refractivity contribution is -0.132. The number of benzene rings is 3. The van der Waals surface area contributed by atoms with Crippen molar-refractivity contribution >= 4 is 23.1 Å². The molecule has 7 heteroatoms. The zero-order chi connectivity index (χ0) is 26.7. The number of Topliss-reactive ketones (excluding diaryl/α,β-unsaturated/α-hetero) is 1. The molecule has 1 N–H and O–H groups in total. The van der Waals surface area contributed by atoms with Crippen molar-refractivity contribution in [3.8, 4) is 17.2 Å². The molecule has 7 nitrogen and oxygen atoms in total. The molecule has 0 aromatic heterocycles. The lowest BCUT2D eigenvalue weighted by Gasteiger charge is -2.26. The molecular weight excluding hydrogens is 470 g/mol. The van der Waals surface area contributed by atoms with Gasteiger partial charge in [-0.1, -0.05) is 24.3 Å². The van der Waals surface area contributed by atoms with Gasteiger partial charge >= 0.3 is 0 Å². The minimum atomic E-state index is -0.876. The molecule has 0 saturated carbocycles. The van der Waals surface area contributed by atoms with Crippen molar-refractivity contribution in [2.24, 2.45) is 0 Å². The van der Waals surface area contributed by atoms with Gasteiger partial charge in [0.25, 0.3) is 11.7 Å². The van der Waals surface area contributed by atoms with E-state index in [1.807, 2.05) is 39.8 Å². The van der Waals surface area contributed by atoms with Crippen LogP contribution in [0, 0.1) is 0 Å². The highest BCUT2D eigenvalue weighted by molar-refractivity contribution is 6.51. The fourth-order valence-electron chi connectivity index (χ4n) is 4.33. The van der Waals surface area contributed by atoms with Gasteiger partial charge in [0.05, 0.1) is 30.9 Å². The summed E-state index contributed by atoms with van der Waals surface area (Å²) < 4.78 is 16.9. The van der Waals surface area contributed by atoms with E-state index in [2.05, 4.69) is 0 Å². The largest absolute Gasteiger partial charge is 0.507 e. The molecule has 1 unspecified atom stereocenters. The van der Waals surface area contributed by atoms with E-state index in [1.165, 1.54) is 4.90 Å². The zero-order valence-electron chi connectivity index (χ0n) is 21.6. The number of hydrogen-bond acceptors (Lipinski definition) is 6. The first-order valence-electron chi connectivity index (χ1n) is 12.2. The Kier molecular flexibility index (Phi) is 7.53. The molecule has 3 aromatic rings. The number of methoxy groups -OCH3 is 1. The van der Waals surface area contributed by atoms with E-state index in [-0.39, 0.29) is 23.5 Å². The smallest absolute Gasteiger partial charge is 0.300 e. The molecule has 1 atom stereocenters. The summed E-state index contributed by atoms with van der Waals surface area (Å²) in [7, 11) is 1.55. The number of ether oxygens (including phenoxy) is 3. The van der Waals surface area contributed by atoms with Crippen LogP contribution >= 0.6 is 0 Å². The van der Waals surface area contributed by atoms with Crippen molar-refractivity contribution in [3.05, 3.63) is 89.5 Å². The number of hydrogen-bond donors (Lipinski definition) is 1. The number of nitrogens with zero attached hydrogens (tertiary/aromatic N) is 1. The van der Waals surface area contributed by atoms with E-state index in [1.54, 1.807) is 67.8 Å². The van der Waals surface area contributed by atoms with Gasteiger partial charge in [0.2, 0.25) is 0 Å². The van der Waals surface area contributed by atoms with Crippen LogP contribution in [0.4, 0.5) is 5.69 Å². The van der Waals surface area contributed by atoms with Gasteiger partial charge in [0.1, 0.15) is 23.0 Å². The standard InChI is InChI=1S/C30H31NO6/c1-18(2)36-24-10-6-8-20(16-24)27-26(28(32)21-9-7-11-25(17-21)37-19(3)4)29(33)30(34)31(27)22-12-14-23(35-5)15-13-22/h6-19,27,32H,1-5H3/b28-26-. The molecule has 1 fully saturated rings. The quantitative estimate of drug-likeness (QED) is 0.235. The van der Waals surface area contributed by atoms with Gasteiger partial charge in [0.15, 0.2) is 0 Å². The number of carbonyl (C=O) groups is 2. The van der Waals surface area contributed by atoms with E-state index in [0.717, 1.165) is 0 Å². The van der Waals surface area contributed by atoms with Gasteiger partial charge in [-0.05, 0) is 81.8 Å². The molecule has 4 rings (SSSR count). The number of aliphatic hydroxyl groups excluding tert-OH is 1. The Morgan fingerprint density at radius 3 is 2.00 bits per heavy atom. The maximum atomic E-state index is 13.4. The first-order chi connectivity index (χ1) is 17.7. The van der Waals surface area contributed by atoms with E-state index >= 15 is 0 Å². The second-order valence-electron chi connectivity index (χ2n) is 9.30. The van der Waals surface area contributed by atoms with Crippen LogP contribution in [0.25, 0.3) is 5.76 Å². The highest BCUT2D eigenvalue weighted by Gasteiger charge is 2.47. The maximum Gasteiger partial charge on any atom is 0.300 e. The SMILES string of the molecule is COc1ccc(N2C(=O)C(=O)/C(=C(\O)c3cccc(OC(C)C)c3)C2c2cccc(OC(C)C)c2)cc1. The molecule has 37 heavy (non-hydrogen) atoms. The average Bonchev–Trinajstić information content (AvgIpc) is 3.13. The van der Waals surface area contributed by atoms with Crippen LogP contribution in [0.15, 0.2) is 78.4 Å². The lowest BCUT2D eigenvalue weighted by Crippen LogP contribution is -2.29. The van der Waals surface area contributed by atoms with Crippen molar-refractivity contribution in [2.45, 2.75) is 45.9 Å². The fraction of sp³-hybridized carbons (Fsp3) is 0.267. The normalized spacial score (nSPS) is 16.9. The number of anilines is 1. The highest BCUT2D eigenvalue weighted by Crippen LogP contribution is 2.43. The third kappa shape index (κ3) is 5.45. The second-order valence-corrected chi connectivity index (χ2v) is 9.30. The van der Waals surface area contributed by atoms with Crippen LogP contribution in [0.2, 0.25) is 0 Å². The number of rotatable bonds is 8. The Hall–Kier alpha value is -4.26. The summed E-state index contributed by atoms with van der Waals surface area (Å²) >= 11 is 0. The predicted molar refractivity (Wildman–Crippen MR) is 142 cm³/mol. The Morgan fingerprint density at radius 1 is 0.811 bits per heavy atom. The molecule has 192 valence electrons. The molecule has 1 aliphatic heterocycles. The first kappa shape index (κ1) is 25.8. The minimum absolute atomic E-state index is 0.00999. The van der Waals surface area contributed by atoms with Crippen molar-refractivity contribution in [3.63, 3.8) is 0 Å². The molecule has 0 aliphatic carbocycles. The van der Waals surface area contributed by atoms with Gasteiger partial charge in [-0.15, -0.1) is 0 Å². The van der Waals surface area contributed by atoms with Crippen LogP contribution in [-0.4, -0.2) is 36.1 Å². The Morgan fingerprint density at radius 2 is 1.41 bits per heavy atom. The zero-order valence-corrected chi connectivity index (χ0v) is 21.6. The van der Waals surface area contributed by atoms with Crippen LogP contribution in [0.1, 0.15) is 44.9 Å². The highest BCUT2D eigenvalue weighted by atomic mass is 16.5. The van der Waals surface area contributed by atoms with Gasteiger partial charge in [-0.2, -0.15) is 0 Å². The molecule has 0 radical (unpaired) electrons. The summed E-state index contributed by atoms with van der Waals surface area (Å²) in [5.74, 6) is -0.0208. The Balaban J connectivity index is 1.89. The van der Waals surface area contributed by atoms with Crippen LogP contribution in [-0.2, 0) is 9.59 Å². The topological polar surface area (TPSA) is 85.3 Å². The third-order valence-corrected chi connectivity index (χ3v) is 5.82. The average molecular weight is 502 g/mol. The summed E-state index contributed by atoms with van der Waals surface area (Å²) in [6.45, 7) is 7.64. The van der Waals surface area contributed by atoms with Crippen molar-refractivity contribution < 1.29 is 28.9 Å². The summed E-state index contributed by atoms with van der Waals surface area (Å²) in [5, 5.41) is 11.4. The van der Waals surface area contributed by atoms with Crippen molar-refractivity contribution in [1.29, 1.82) is 0 Å². The van der Waals surface area contributed by atoms with Gasteiger partial charge in [0, 0.05) is 11.3 Å². The summed E-state index contributed by atoms with van der Waals surface area (Å²) in [4.78, 5) is 28.2. The summed E-state index contributed by atoms with van der Waals surface area (Å²) in [5.41, 5.74) is 1.50. The predicted octanol–water partition coefficient (Wildman–Crippen LogP) is 5.90. The number of amides is 1. The van der Waals surface area contributed by atoms with Crippen LogP contribution in [0.3, 0.4) is 0 Å². The summed E-state index contributed by atoms with van der Waals surface area (Å²) in [6, 6.07) is 20.1. The molecule has 0 bridgehead atoms. The molecule has 1 aliphatic rings. The summed E-state index contributed by atoms with van der Waals surface area (Å²) in [6.07, 6.45) is -0.131. The first-order valence-corrected chi connectivity index (χ1v) is 12.2. The minimum Gasteiger partial charge on any atom is -0.507 e. The van der Waals surface area contributed by atoms with E-state index in [4.69, 9.17) is 14.2 Å². The number of aliphatic hydroxyl groups is 1. The molecular formula is C30H31NO6. The van der Waals surface area contributed by atoms with E-state index in [0.29, 0.717) is 34.1 Å². The lowest BCUT2D eigenvalue weighted by atomic mass is 9.95. The molecule has 0 spiro atoms. The maximum absolute atomic E-state index is 13.4. The fourth-order valence-corrected chi connectivity index (χ4v) is 4.33. The third-order valence-electron chi connectivity index (χ3n) is 5.82. The molecule has 1 amide bonds. The van der Waals surface area contributed by atoms with Crippen LogP contribution in [0.5, 0.6) is 17.2 Å². The van der Waals surface area contributed by atoms with Gasteiger partial charge in [-0.25, -0.2) is 0 Å². The van der Waals surface area contributed by atoms with Crippen molar-refractivity contribution in [2.75, 3.05) is 12.0 Å². The molecule has 1 heterocycles. The van der Waals surface area contributed by atoms with Gasteiger partial charge < -0.3 is 19.3 Å². The van der Waals surface area contributed by atoms with E-state index < -0.39 is 17.7 Å². The van der Waals surface area contributed by atoms with Gasteiger partial charge in [-0.3, -0.25) is 14.5 Å². The Labute approximate surface area is 216 Å². The molecule has 1 saturated heterocycles. The monoisotopic (exact) mass is 501 g/mol. The Bertz CT molecular complexity index is 1330. The van der Waals surface area contributed by atoms with Crippen molar-refractivity contribution in [1.82, 2.24) is 0 Å². The number of ketones is 1. The molecule has 3 aromatic carbocycles. The second kappa shape index (κ2) is 10.8.